The van der Waals surface area contributed by atoms with E-state index in [1.165, 1.54) is 11.3 Å². The van der Waals surface area contributed by atoms with Gasteiger partial charge >= 0.3 is 0 Å². The molecule has 2 N–H and O–H groups in total. The fraction of sp³-hybridized carbons (Fsp3) is 0.400. The molecule has 2 aromatic rings. The highest BCUT2D eigenvalue weighted by Crippen LogP contribution is 2.41. The van der Waals surface area contributed by atoms with E-state index in [-0.39, 0.29) is 17.6 Å². The fourth-order valence-corrected chi connectivity index (χ4v) is 3.59. The lowest BCUT2D eigenvalue weighted by molar-refractivity contribution is -0.116. The van der Waals surface area contributed by atoms with Crippen molar-refractivity contribution in [1.29, 1.82) is 0 Å². The third kappa shape index (κ3) is 2.40. The highest BCUT2D eigenvalue weighted by Gasteiger charge is 2.32. The Kier molecular flexibility index (Phi) is 3.41. The van der Waals surface area contributed by atoms with Crippen LogP contribution in [0.1, 0.15) is 65.5 Å². The van der Waals surface area contributed by atoms with Crippen molar-refractivity contribution in [2.75, 3.05) is 5.32 Å². The second kappa shape index (κ2) is 5.11. The van der Waals surface area contributed by atoms with Crippen LogP contribution in [-0.2, 0) is 4.79 Å². The highest BCUT2D eigenvalue weighted by atomic mass is 32.1. The monoisotopic (exact) mass is 303 g/mol. The summed E-state index contributed by atoms with van der Waals surface area (Å²) < 4.78 is 0. The van der Waals surface area contributed by atoms with Gasteiger partial charge in [-0.25, -0.2) is 0 Å². The predicted molar refractivity (Wildman–Crippen MR) is 82.1 cm³/mol. The molecular weight excluding hydrogens is 286 g/mol. The summed E-state index contributed by atoms with van der Waals surface area (Å²) in [6, 6.07) is 1.90. The van der Waals surface area contributed by atoms with E-state index in [9.17, 15) is 9.59 Å². The molecular formula is C15H17N3O2S. The molecule has 2 aromatic heterocycles. The summed E-state index contributed by atoms with van der Waals surface area (Å²) in [5.74, 6) is 0.905. The second-order valence-corrected chi connectivity index (χ2v) is 6.57. The number of H-pyrrole nitrogens is 1. The van der Waals surface area contributed by atoms with Crippen molar-refractivity contribution in [3.63, 3.8) is 0 Å². The molecule has 5 nitrogen and oxygen atoms in total. The number of fused-ring (bicyclic) bond motifs is 1. The molecule has 1 atom stereocenters. The summed E-state index contributed by atoms with van der Waals surface area (Å²) in [5, 5.41) is 12.1. The quantitative estimate of drug-likeness (QED) is 0.855. The van der Waals surface area contributed by atoms with E-state index in [0.29, 0.717) is 18.2 Å². The summed E-state index contributed by atoms with van der Waals surface area (Å²) in [5.41, 5.74) is 3.12. The van der Waals surface area contributed by atoms with Crippen LogP contribution in [0.5, 0.6) is 0 Å². The van der Waals surface area contributed by atoms with E-state index in [1.54, 1.807) is 6.92 Å². The Bertz CT molecular complexity index is 714. The average molecular weight is 303 g/mol. The van der Waals surface area contributed by atoms with E-state index in [1.807, 2.05) is 11.4 Å². The molecule has 0 bridgehead atoms. The molecule has 0 spiro atoms. The molecule has 0 saturated carbocycles. The number of carbonyl (C=O) groups is 2. The largest absolute Gasteiger partial charge is 0.309 e. The van der Waals surface area contributed by atoms with Crippen LogP contribution in [0.25, 0.3) is 0 Å². The van der Waals surface area contributed by atoms with E-state index < -0.39 is 0 Å². The third-order valence-corrected chi connectivity index (χ3v) is 4.82. The van der Waals surface area contributed by atoms with Crippen molar-refractivity contribution < 1.29 is 9.59 Å². The third-order valence-electron chi connectivity index (χ3n) is 3.78. The Hall–Kier alpha value is -1.95. The van der Waals surface area contributed by atoms with Crippen molar-refractivity contribution in [3.05, 3.63) is 33.1 Å². The van der Waals surface area contributed by atoms with Crippen molar-refractivity contribution in [2.24, 2.45) is 0 Å². The van der Waals surface area contributed by atoms with Crippen LogP contribution in [0.15, 0.2) is 11.4 Å². The zero-order valence-corrected chi connectivity index (χ0v) is 13.0. The molecule has 0 fully saturated rings. The van der Waals surface area contributed by atoms with Crippen molar-refractivity contribution in [2.45, 2.75) is 39.0 Å². The zero-order chi connectivity index (χ0) is 15.1. The van der Waals surface area contributed by atoms with Crippen LogP contribution in [0.4, 0.5) is 5.82 Å². The van der Waals surface area contributed by atoms with Gasteiger partial charge in [0, 0.05) is 23.6 Å². The van der Waals surface area contributed by atoms with E-state index >= 15 is 0 Å². The van der Waals surface area contributed by atoms with Gasteiger partial charge in [-0.05, 0) is 29.9 Å². The number of ketones is 1. The first-order chi connectivity index (χ1) is 9.97. The first kappa shape index (κ1) is 14.0. The minimum atomic E-state index is -0.0371. The fourth-order valence-electron chi connectivity index (χ4n) is 2.73. The first-order valence-corrected chi connectivity index (χ1v) is 7.82. The number of aromatic amines is 1. The molecule has 0 radical (unpaired) electrons. The Labute approximate surface area is 126 Å². The molecule has 3 rings (SSSR count). The van der Waals surface area contributed by atoms with Crippen molar-refractivity contribution in [1.82, 2.24) is 10.2 Å². The van der Waals surface area contributed by atoms with Gasteiger partial charge in [0.25, 0.3) is 0 Å². The van der Waals surface area contributed by atoms with Gasteiger partial charge in [-0.3, -0.25) is 14.7 Å². The molecule has 6 heteroatoms. The number of amides is 1. The van der Waals surface area contributed by atoms with Crippen LogP contribution < -0.4 is 5.32 Å². The molecule has 0 unspecified atom stereocenters. The molecule has 0 saturated heterocycles. The number of Topliss-reactive ketones (excluding diaryl/α,β-unsaturated/α-hetero) is 1. The van der Waals surface area contributed by atoms with Crippen LogP contribution in [0, 0.1) is 0 Å². The predicted octanol–water partition coefficient (Wildman–Crippen LogP) is 3.27. The number of rotatable bonds is 3. The first-order valence-electron chi connectivity index (χ1n) is 6.94. The number of anilines is 1. The number of nitrogens with zero attached hydrogens (tertiary/aromatic N) is 1. The average Bonchev–Trinajstić information content (AvgIpc) is 3.03. The number of carbonyl (C=O) groups excluding carboxylic acids is 2. The van der Waals surface area contributed by atoms with Crippen LogP contribution in [0.2, 0.25) is 0 Å². The summed E-state index contributed by atoms with van der Waals surface area (Å²) in [4.78, 5) is 24.1. The Morgan fingerprint density at radius 2 is 2.24 bits per heavy atom. The summed E-state index contributed by atoms with van der Waals surface area (Å²) in [7, 11) is 0. The van der Waals surface area contributed by atoms with Crippen molar-refractivity contribution >= 4 is 28.8 Å². The normalized spacial score (nSPS) is 17.7. The summed E-state index contributed by atoms with van der Waals surface area (Å²) >= 11 is 1.43. The molecule has 1 aliphatic rings. The molecule has 0 aromatic carbocycles. The molecule has 3 heterocycles. The molecule has 1 aliphatic heterocycles. The highest BCUT2D eigenvalue weighted by molar-refractivity contribution is 7.12. The number of thiophene rings is 1. The standard InChI is InChI=1S/C15H17N3O2S/c1-7(2)14-13-10(5-12(20)16-15(13)18-17-14)9-4-11(8(3)19)21-6-9/h4,6-7,10H,5H2,1-3H3,(H2,16,17,18,20)/t10-/m0/s1. The van der Waals surface area contributed by atoms with Gasteiger partial charge in [-0.2, -0.15) is 5.10 Å². The van der Waals surface area contributed by atoms with Crippen LogP contribution >= 0.6 is 11.3 Å². The lowest BCUT2D eigenvalue weighted by atomic mass is 9.85. The second-order valence-electron chi connectivity index (χ2n) is 5.66. The molecule has 0 aliphatic carbocycles. The van der Waals surface area contributed by atoms with Crippen molar-refractivity contribution in [3.8, 4) is 0 Å². The number of hydrogen-bond acceptors (Lipinski definition) is 4. The summed E-state index contributed by atoms with van der Waals surface area (Å²) in [6.07, 6.45) is 0.389. The maximum atomic E-state index is 11.9. The van der Waals surface area contributed by atoms with Crippen LogP contribution in [-0.4, -0.2) is 21.9 Å². The molecule has 1 amide bonds. The Morgan fingerprint density at radius 3 is 2.86 bits per heavy atom. The van der Waals surface area contributed by atoms with Gasteiger partial charge in [-0.1, -0.05) is 13.8 Å². The van der Waals surface area contributed by atoms with E-state index in [4.69, 9.17) is 0 Å². The van der Waals surface area contributed by atoms with E-state index in [0.717, 1.165) is 21.7 Å². The maximum Gasteiger partial charge on any atom is 0.226 e. The molecule has 110 valence electrons. The SMILES string of the molecule is CC(=O)c1cc([C@@H]2CC(=O)Nc3n[nH]c(C(C)C)c32)cs1. The minimum Gasteiger partial charge on any atom is -0.309 e. The molecule has 21 heavy (non-hydrogen) atoms. The van der Waals surface area contributed by atoms with Gasteiger partial charge in [0.15, 0.2) is 11.6 Å². The van der Waals surface area contributed by atoms with Crippen LogP contribution in [0.3, 0.4) is 0 Å². The minimum absolute atomic E-state index is 0.0331. The lowest BCUT2D eigenvalue weighted by Crippen LogP contribution is -2.23. The maximum absolute atomic E-state index is 11.9. The number of aromatic nitrogens is 2. The van der Waals surface area contributed by atoms with E-state index in [2.05, 4.69) is 29.4 Å². The lowest BCUT2D eigenvalue weighted by Gasteiger charge is -2.23. The Morgan fingerprint density at radius 1 is 1.48 bits per heavy atom. The van der Waals surface area contributed by atoms with Gasteiger partial charge in [-0.15, -0.1) is 11.3 Å². The number of nitrogens with one attached hydrogen (secondary N) is 2. The van der Waals surface area contributed by atoms with Gasteiger partial charge in [0.05, 0.1) is 4.88 Å². The van der Waals surface area contributed by atoms with Gasteiger partial charge < -0.3 is 5.32 Å². The Balaban J connectivity index is 2.08. The zero-order valence-electron chi connectivity index (χ0n) is 12.2. The van der Waals surface area contributed by atoms with Gasteiger partial charge in [0.2, 0.25) is 5.91 Å². The smallest absolute Gasteiger partial charge is 0.226 e. The van der Waals surface area contributed by atoms with Gasteiger partial charge in [0.1, 0.15) is 0 Å². The topological polar surface area (TPSA) is 74.8 Å². The summed E-state index contributed by atoms with van der Waals surface area (Å²) in [6.45, 7) is 5.75. The number of hydrogen-bond donors (Lipinski definition) is 2.